The predicted octanol–water partition coefficient (Wildman–Crippen LogP) is 19.3. The van der Waals surface area contributed by atoms with Crippen LogP contribution in [0.25, 0.3) is 66.4 Å². The summed E-state index contributed by atoms with van der Waals surface area (Å²) in [7, 11) is 0. The summed E-state index contributed by atoms with van der Waals surface area (Å²) in [6, 6.07) is 98.1. The zero-order valence-corrected chi connectivity index (χ0v) is 39.6. The highest BCUT2D eigenvalue weighted by atomic mass is 15.1. The lowest BCUT2D eigenvalue weighted by atomic mass is 9.76. The van der Waals surface area contributed by atoms with Crippen LogP contribution in [0.5, 0.6) is 0 Å². The third-order valence-electron chi connectivity index (χ3n) is 15.2. The summed E-state index contributed by atoms with van der Waals surface area (Å²) in [5.41, 5.74) is 22.3. The van der Waals surface area contributed by atoms with Crippen LogP contribution < -0.4 is 9.80 Å². The van der Waals surface area contributed by atoms with Gasteiger partial charge in [-0.15, -0.1) is 0 Å². The Morgan fingerprint density at radius 1 is 0.268 bits per heavy atom. The molecule has 1 saturated carbocycles. The van der Waals surface area contributed by atoms with Crippen LogP contribution >= 0.6 is 0 Å². The van der Waals surface area contributed by atoms with Crippen LogP contribution in [-0.4, -0.2) is 0 Å². The standard InChI is InChI=1S/C69H52N2/c1-3-15-49(16-4-1)51-27-35-58(36-28-51)70(60-39-33-54(34-40-60)57-22-13-21-56(47-57)50-17-5-2-6-18-50)59-37-29-52(30-38-59)53-31-41-61(42-32-53)71(68-26-14-20-55-19-7-8-23-63(55)68)62-43-44-65-64-24-9-10-25-66(64)69(67(65)48-62)45-11-12-46-69/h1-10,13-44,47-48H,11-12,45-46H2. The molecule has 0 aliphatic heterocycles. The average molecular weight is 909 g/mol. The van der Waals surface area contributed by atoms with Crippen LogP contribution in [0.2, 0.25) is 0 Å². The molecular weight excluding hydrogens is 857 g/mol. The van der Waals surface area contributed by atoms with Crippen molar-refractivity contribution in [3.8, 4) is 55.6 Å². The van der Waals surface area contributed by atoms with Crippen LogP contribution in [0.4, 0.5) is 34.1 Å². The predicted molar refractivity (Wildman–Crippen MR) is 300 cm³/mol. The molecule has 1 fully saturated rings. The largest absolute Gasteiger partial charge is 0.311 e. The number of hydrogen-bond donors (Lipinski definition) is 0. The molecule has 0 amide bonds. The van der Waals surface area contributed by atoms with E-state index < -0.39 is 0 Å². The fraction of sp³-hybridized carbons (Fsp3) is 0.0725. The van der Waals surface area contributed by atoms with Gasteiger partial charge in [0, 0.05) is 39.2 Å². The van der Waals surface area contributed by atoms with Gasteiger partial charge in [-0.1, -0.05) is 207 Å². The minimum atomic E-state index is 0.0857. The molecule has 0 aromatic heterocycles. The molecule has 0 saturated heterocycles. The Kier molecular flexibility index (Phi) is 10.7. The molecule has 11 aromatic carbocycles. The van der Waals surface area contributed by atoms with Gasteiger partial charge in [-0.25, -0.2) is 0 Å². The molecule has 71 heavy (non-hydrogen) atoms. The van der Waals surface area contributed by atoms with Crippen molar-refractivity contribution in [2.75, 3.05) is 9.80 Å². The van der Waals surface area contributed by atoms with Crippen molar-refractivity contribution in [1.82, 2.24) is 0 Å². The molecule has 13 rings (SSSR count). The topological polar surface area (TPSA) is 6.48 Å². The molecule has 0 heterocycles. The molecule has 0 N–H and O–H groups in total. The summed E-state index contributed by atoms with van der Waals surface area (Å²) in [6.07, 6.45) is 4.95. The van der Waals surface area contributed by atoms with E-state index in [1.807, 2.05) is 0 Å². The van der Waals surface area contributed by atoms with E-state index in [0.29, 0.717) is 0 Å². The van der Waals surface area contributed by atoms with Crippen molar-refractivity contribution in [3.05, 3.63) is 278 Å². The maximum Gasteiger partial charge on any atom is 0.0540 e. The van der Waals surface area contributed by atoms with E-state index in [4.69, 9.17) is 0 Å². The third-order valence-corrected chi connectivity index (χ3v) is 15.2. The van der Waals surface area contributed by atoms with Gasteiger partial charge in [-0.3, -0.25) is 0 Å². The van der Waals surface area contributed by atoms with Crippen LogP contribution in [0.1, 0.15) is 36.8 Å². The second kappa shape index (κ2) is 18.0. The normalized spacial score (nSPS) is 13.2. The molecule has 11 aromatic rings. The Morgan fingerprint density at radius 2 is 0.676 bits per heavy atom. The molecule has 0 bridgehead atoms. The van der Waals surface area contributed by atoms with E-state index in [1.54, 1.807) is 0 Å². The quantitative estimate of drug-likeness (QED) is 0.135. The maximum atomic E-state index is 2.52. The Morgan fingerprint density at radius 3 is 1.27 bits per heavy atom. The van der Waals surface area contributed by atoms with Gasteiger partial charge in [0.1, 0.15) is 0 Å². The fourth-order valence-corrected chi connectivity index (χ4v) is 11.7. The van der Waals surface area contributed by atoms with Gasteiger partial charge in [0.15, 0.2) is 0 Å². The van der Waals surface area contributed by atoms with Gasteiger partial charge >= 0.3 is 0 Å². The van der Waals surface area contributed by atoms with Crippen LogP contribution in [0.15, 0.2) is 267 Å². The van der Waals surface area contributed by atoms with Gasteiger partial charge in [0.25, 0.3) is 0 Å². The molecule has 0 unspecified atom stereocenters. The first kappa shape index (κ1) is 42.4. The highest BCUT2D eigenvalue weighted by molar-refractivity contribution is 5.99. The van der Waals surface area contributed by atoms with Crippen molar-refractivity contribution >= 4 is 44.9 Å². The molecule has 1 spiro atoms. The summed E-state index contributed by atoms with van der Waals surface area (Å²) in [5, 5.41) is 2.47. The molecular formula is C69H52N2. The second-order valence-corrected chi connectivity index (χ2v) is 19.2. The van der Waals surface area contributed by atoms with E-state index in [1.165, 1.54) is 115 Å². The monoisotopic (exact) mass is 908 g/mol. The first-order chi connectivity index (χ1) is 35.2. The Hall–Kier alpha value is -8.72. The van der Waals surface area contributed by atoms with Crippen molar-refractivity contribution in [1.29, 1.82) is 0 Å². The van der Waals surface area contributed by atoms with Gasteiger partial charge < -0.3 is 9.80 Å². The third kappa shape index (κ3) is 7.70. The van der Waals surface area contributed by atoms with Crippen LogP contribution in [0.3, 0.4) is 0 Å². The van der Waals surface area contributed by atoms with Crippen LogP contribution in [0, 0.1) is 0 Å². The molecule has 0 atom stereocenters. The number of nitrogens with zero attached hydrogens (tertiary/aromatic N) is 2. The summed E-state index contributed by atoms with van der Waals surface area (Å²) in [5.74, 6) is 0. The minimum Gasteiger partial charge on any atom is -0.311 e. The molecule has 0 radical (unpaired) electrons. The van der Waals surface area contributed by atoms with Gasteiger partial charge in [-0.2, -0.15) is 0 Å². The average Bonchev–Trinajstić information content (AvgIpc) is 4.06. The number of benzene rings is 11. The second-order valence-electron chi connectivity index (χ2n) is 19.2. The zero-order chi connectivity index (χ0) is 47.1. The van der Waals surface area contributed by atoms with E-state index >= 15 is 0 Å². The number of anilines is 6. The molecule has 338 valence electrons. The van der Waals surface area contributed by atoms with Crippen molar-refractivity contribution in [3.63, 3.8) is 0 Å². The molecule has 2 aliphatic rings. The summed E-state index contributed by atoms with van der Waals surface area (Å²) in [4.78, 5) is 4.84. The fourth-order valence-electron chi connectivity index (χ4n) is 11.7. The van der Waals surface area contributed by atoms with Gasteiger partial charge in [-0.05, 0) is 158 Å². The van der Waals surface area contributed by atoms with Crippen LogP contribution in [-0.2, 0) is 5.41 Å². The number of fused-ring (bicyclic) bond motifs is 6. The Bertz CT molecular complexity index is 3660. The first-order valence-corrected chi connectivity index (χ1v) is 25.1. The molecule has 2 nitrogen and oxygen atoms in total. The maximum absolute atomic E-state index is 2.52. The highest BCUT2D eigenvalue weighted by Gasteiger charge is 2.45. The molecule has 2 aliphatic carbocycles. The lowest BCUT2D eigenvalue weighted by Gasteiger charge is -2.30. The zero-order valence-electron chi connectivity index (χ0n) is 39.6. The SMILES string of the molecule is c1ccc(-c2ccc(N(c3ccc(-c4ccc(N(c5ccc6c(c5)C5(CCCC5)c5ccccc5-6)c5cccc6ccccc56)cc4)cc3)c3ccc(-c4cccc(-c5ccccc5)c4)cc3)cc2)cc1. The number of rotatable bonds is 10. The lowest BCUT2D eigenvalue weighted by molar-refractivity contribution is 0.550. The molecule has 2 heteroatoms. The van der Waals surface area contributed by atoms with Gasteiger partial charge in [0.2, 0.25) is 0 Å². The number of hydrogen-bond acceptors (Lipinski definition) is 2. The van der Waals surface area contributed by atoms with Crippen molar-refractivity contribution in [2.45, 2.75) is 31.1 Å². The lowest BCUT2D eigenvalue weighted by Crippen LogP contribution is -2.21. The Labute approximate surface area is 417 Å². The minimum absolute atomic E-state index is 0.0857. The highest BCUT2D eigenvalue weighted by Crippen LogP contribution is 2.58. The van der Waals surface area contributed by atoms with Crippen molar-refractivity contribution in [2.24, 2.45) is 0 Å². The summed E-state index contributed by atoms with van der Waals surface area (Å²) >= 11 is 0. The van der Waals surface area contributed by atoms with Crippen molar-refractivity contribution < 1.29 is 0 Å². The summed E-state index contributed by atoms with van der Waals surface area (Å²) < 4.78 is 0. The van der Waals surface area contributed by atoms with E-state index in [-0.39, 0.29) is 5.41 Å². The van der Waals surface area contributed by atoms with Gasteiger partial charge in [0.05, 0.1) is 5.69 Å². The summed E-state index contributed by atoms with van der Waals surface area (Å²) in [6.45, 7) is 0. The first-order valence-electron chi connectivity index (χ1n) is 25.1. The Balaban J connectivity index is 0.845. The van der Waals surface area contributed by atoms with E-state index in [0.717, 1.165) is 22.7 Å². The van der Waals surface area contributed by atoms with E-state index in [2.05, 4.69) is 277 Å². The van der Waals surface area contributed by atoms with E-state index in [9.17, 15) is 0 Å². The smallest absolute Gasteiger partial charge is 0.0540 e.